The molecule has 0 aliphatic carbocycles. The third-order valence-corrected chi connectivity index (χ3v) is 5.00. The molecular weight excluding hydrogens is 433 g/mol. The van der Waals surface area contributed by atoms with Gasteiger partial charge in [0.1, 0.15) is 11.4 Å². The van der Waals surface area contributed by atoms with Crippen molar-refractivity contribution in [3.63, 3.8) is 0 Å². The molecular formula is C24H27ClFN3O3. The van der Waals surface area contributed by atoms with Crippen molar-refractivity contribution < 1.29 is 18.7 Å². The van der Waals surface area contributed by atoms with Gasteiger partial charge in [0.25, 0.3) is 6.01 Å². The van der Waals surface area contributed by atoms with Gasteiger partial charge >= 0.3 is 5.97 Å². The average Bonchev–Trinajstić information content (AvgIpc) is 3.02. The lowest BCUT2D eigenvalue weighted by atomic mass is 9.98. The van der Waals surface area contributed by atoms with Crippen molar-refractivity contribution >= 4 is 17.6 Å². The van der Waals surface area contributed by atoms with Crippen LogP contribution in [0.4, 0.5) is 4.39 Å². The minimum absolute atomic E-state index is 0.141. The third kappa shape index (κ3) is 5.29. The van der Waals surface area contributed by atoms with E-state index in [0.717, 1.165) is 0 Å². The van der Waals surface area contributed by atoms with E-state index in [-0.39, 0.29) is 24.3 Å². The minimum atomic E-state index is -0.635. The zero-order chi connectivity index (χ0) is 23.5. The van der Waals surface area contributed by atoms with E-state index in [1.807, 2.05) is 6.92 Å². The number of carbonyl (C=O) groups excluding carboxylic acids is 1. The van der Waals surface area contributed by atoms with Gasteiger partial charge in [0.05, 0.1) is 24.4 Å². The zero-order valence-corrected chi connectivity index (χ0v) is 19.4. The van der Waals surface area contributed by atoms with Crippen LogP contribution in [-0.4, -0.2) is 27.7 Å². The Labute approximate surface area is 192 Å². The lowest BCUT2D eigenvalue weighted by Gasteiger charge is -2.20. The van der Waals surface area contributed by atoms with Crippen molar-refractivity contribution in [2.24, 2.45) is 5.73 Å². The Morgan fingerprint density at radius 2 is 1.94 bits per heavy atom. The summed E-state index contributed by atoms with van der Waals surface area (Å²) in [7, 11) is 0. The number of hydrogen-bond acceptors (Lipinski definition) is 5. The summed E-state index contributed by atoms with van der Waals surface area (Å²) in [6, 6.07) is 12.1. The van der Waals surface area contributed by atoms with Crippen LogP contribution in [0.1, 0.15) is 49.3 Å². The molecule has 0 spiro atoms. The maximum Gasteiger partial charge on any atom is 0.339 e. The number of halogens is 2. The van der Waals surface area contributed by atoms with E-state index in [9.17, 15) is 4.79 Å². The molecule has 0 saturated heterocycles. The van der Waals surface area contributed by atoms with E-state index in [1.165, 1.54) is 6.07 Å². The van der Waals surface area contributed by atoms with Crippen LogP contribution in [0.2, 0.25) is 5.15 Å². The minimum Gasteiger partial charge on any atom is -0.465 e. The second-order valence-corrected chi connectivity index (χ2v) is 8.57. The summed E-state index contributed by atoms with van der Waals surface area (Å²) in [4.78, 5) is 16.8. The summed E-state index contributed by atoms with van der Waals surface area (Å²) < 4.78 is 27.8. The molecule has 0 amide bonds. The van der Waals surface area contributed by atoms with Crippen molar-refractivity contribution in [3.8, 4) is 17.1 Å². The van der Waals surface area contributed by atoms with Crippen molar-refractivity contribution in [3.05, 3.63) is 70.3 Å². The number of benzene rings is 2. The molecule has 8 heteroatoms. The smallest absolute Gasteiger partial charge is 0.339 e. The standard InChI is InChI=1S/C24H27ClFN3O3/c1-5-31-23-28-21(25)20(13-27)29(23)14-16-11-10-15(12-19(16)26)17-8-6-7-9-18(17)22(30)32-24(2,3)4/h6-12H,5,13-14,27H2,1-4H3. The number of hydrogen-bond donors (Lipinski definition) is 1. The lowest BCUT2D eigenvalue weighted by Crippen LogP contribution is -2.24. The number of nitrogens with zero attached hydrogens (tertiary/aromatic N) is 2. The number of esters is 1. The number of imidazole rings is 1. The van der Waals surface area contributed by atoms with Crippen LogP contribution < -0.4 is 10.5 Å². The van der Waals surface area contributed by atoms with Crippen LogP contribution in [0.3, 0.4) is 0 Å². The Morgan fingerprint density at radius 3 is 2.56 bits per heavy atom. The van der Waals surface area contributed by atoms with Gasteiger partial charge in [-0.15, -0.1) is 0 Å². The maximum atomic E-state index is 15.1. The summed E-state index contributed by atoms with van der Waals surface area (Å²) in [6.45, 7) is 7.92. The van der Waals surface area contributed by atoms with Gasteiger partial charge in [0.15, 0.2) is 5.15 Å². The van der Waals surface area contributed by atoms with Crippen molar-refractivity contribution in [2.75, 3.05) is 6.61 Å². The van der Waals surface area contributed by atoms with E-state index >= 15 is 4.39 Å². The van der Waals surface area contributed by atoms with Crippen LogP contribution in [0.15, 0.2) is 42.5 Å². The first-order chi connectivity index (χ1) is 15.1. The van der Waals surface area contributed by atoms with Gasteiger partial charge in [-0.1, -0.05) is 41.9 Å². The van der Waals surface area contributed by atoms with Gasteiger partial charge in [0, 0.05) is 12.1 Å². The molecule has 0 aliphatic rings. The van der Waals surface area contributed by atoms with Crippen LogP contribution in [0.25, 0.3) is 11.1 Å². The molecule has 0 unspecified atom stereocenters. The monoisotopic (exact) mass is 459 g/mol. The fourth-order valence-corrected chi connectivity index (χ4v) is 3.54. The molecule has 0 saturated carbocycles. The summed E-state index contributed by atoms with van der Waals surface area (Å²) >= 11 is 6.16. The number of ether oxygens (including phenoxy) is 2. The van der Waals surface area contributed by atoms with E-state index in [0.29, 0.717) is 34.6 Å². The van der Waals surface area contributed by atoms with E-state index in [2.05, 4.69) is 4.98 Å². The quantitative estimate of drug-likeness (QED) is 0.491. The molecule has 1 aromatic heterocycles. The SMILES string of the molecule is CCOc1nc(Cl)c(CN)n1Cc1ccc(-c2ccccc2C(=O)OC(C)(C)C)cc1F. The molecule has 0 atom stereocenters. The lowest BCUT2D eigenvalue weighted by molar-refractivity contribution is 0.00704. The topological polar surface area (TPSA) is 79.4 Å². The average molecular weight is 460 g/mol. The summed E-state index contributed by atoms with van der Waals surface area (Å²) in [5.74, 6) is -0.892. The van der Waals surface area contributed by atoms with Crippen LogP contribution in [-0.2, 0) is 17.8 Å². The van der Waals surface area contributed by atoms with Crippen molar-refractivity contribution in [2.45, 2.75) is 46.4 Å². The second kappa shape index (κ2) is 9.71. The fraction of sp³-hybridized carbons (Fsp3) is 0.333. The van der Waals surface area contributed by atoms with Crippen LogP contribution >= 0.6 is 11.6 Å². The molecule has 6 nitrogen and oxygen atoms in total. The predicted octanol–water partition coefficient (Wildman–Crippen LogP) is 5.20. The van der Waals surface area contributed by atoms with Crippen molar-refractivity contribution in [1.82, 2.24) is 9.55 Å². The Kier molecular flexibility index (Phi) is 7.21. The second-order valence-electron chi connectivity index (χ2n) is 8.21. The highest BCUT2D eigenvalue weighted by molar-refractivity contribution is 6.30. The summed E-state index contributed by atoms with van der Waals surface area (Å²) in [6.07, 6.45) is 0. The Balaban J connectivity index is 1.95. The van der Waals surface area contributed by atoms with E-state index < -0.39 is 17.4 Å². The molecule has 1 heterocycles. The van der Waals surface area contributed by atoms with Crippen LogP contribution in [0, 0.1) is 5.82 Å². The molecule has 0 radical (unpaired) electrons. The zero-order valence-electron chi connectivity index (χ0n) is 18.6. The number of rotatable bonds is 7. The predicted molar refractivity (Wildman–Crippen MR) is 122 cm³/mol. The molecule has 2 aromatic carbocycles. The highest BCUT2D eigenvalue weighted by Gasteiger charge is 2.22. The van der Waals surface area contributed by atoms with Gasteiger partial charge in [-0.25, -0.2) is 9.18 Å². The Morgan fingerprint density at radius 1 is 1.22 bits per heavy atom. The number of nitrogens with two attached hydrogens (primary N) is 1. The van der Waals surface area contributed by atoms with Gasteiger partial charge in [-0.2, -0.15) is 4.98 Å². The fourth-order valence-electron chi connectivity index (χ4n) is 3.29. The first-order valence-corrected chi connectivity index (χ1v) is 10.7. The van der Waals surface area contributed by atoms with Gasteiger partial charge < -0.3 is 15.2 Å². The molecule has 170 valence electrons. The molecule has 0 aliphatic heterocycles. The molecule has 3 aromatic rings. The van der Waals surface area contributed by atoms with Crippen LogP contribution in [0.5, 0.6) is 6.01 Å². The molecule has 32 heavy (non-hydrogen) atoms. The van der Waals surface area contributed by atoms with Gasteiger partial charge in [0.2, 0.25) is 0 Å². The number of carbonyl (C=O) groups is 1. The molecule has 3 rings (SSSR count). The first kappa shape index (κ1) is 23.8. The summed E-state index contributed by atoms with van der Waals surface area (Å²) in [5, 5.41) is 0.235. The maximum absolute atomic E-state index is 15.1. The third-order valence-electron chi connectivity index (χ3n) is 4.69. The highest BCUT2D eigenvalue weighted by atomic mass is 35.5. The summed E-state index contributed by atoms with van der Waals surface area (Å²) in [5.41, 5.74) is 7.68. The number of aromatic nitrogens is 2. The molecule has 2 N–H and O–H groups in total. The molecule has 0 fully saturated rings. The molecule has 0 bridgehead atoms. The van der Waals surface area contributed by atoms with Gasteiger partial charge in [-0.05, 0) is 51.0 Å². The normalized spacial score (nSPS) is 11.5. The largest absolute Gasteiger partial charge is 0.465 e. The Hall–Kier alpha value is -2.90. The van der Waals surface area contributed by atoms with Crippen molar-refractivity contribution in [1.29, 1.82) is 0 Å². The first-order valence-electron chi connectivity index (χ1n) is 10.3. The highest BCUT2D eigenvalue weighted by Crippen LogP contribution is 2.29. The Bertz CT molecular complexity index is 1120. The van der Waals surface area contributed by atoms with E-state index in [4.69, 9.17) is 26.8 Å². The van der Waals surface area contributed by atoms with Gasteiger partial charge in [-0.3, -0.25) is 4.57 Å². The van der Waals surface area contributed by atoms with E-state index in [1.54, 1.807) is 61.7 Å².